The summed E-state index contributed by atoms with van der Waals surface area (Å²) in [5, 5.41) is 3.11. The third-order valence-electron chi connectivity index (χ3n) is 2.10. The number of hydrogen-bond donors (Lipinski definition) is 1. The molecule has 0 spiro atoms. The number of hydrogen-bond acceptors (Lipinski definition) is 4. The lowest BCUT2D eigenvalue weighted by atomic mass is 10.3. The fourth-order valence-corrected chi connectivity index (χ4v) is 1.60. The Kier molecular flexibility index (Phi) is 4.15. The van der Waals surface area contributed by atoms with Crippen LogP contribution in [0.3, 0.4) is 0 Å². The van der Waals surface area contributed by atoms with Crippen LogP contribution in [0.5, 0.6) is 5.75 Å². The van der Waals surface area contributed by atoms with Gasteiger partial charge in [0.2, 0.25) is 5.95 Å². The Labute approximate surface area is 115 Å². The standard InChI is InChI=1S/C13H14BrN3O/c1-9(2)18-12-5-3-11(4-6-12)17-13-15-7-10(14)8-16-13/h3-9H,1-2H3,(H,15,16,17). The largest absolute Gasteiger partial charge is 0.491 e. The van der Waals surface area contributed by atoms with Gasteiger partial charge in [-0.3, -0.25) is 0 Å². The second-order valence-electron chi connectivity index (χ2n) is 4.04. The summed E-state index contributed by atoms with van der Waals surface area (Å²) in [7, 11) is 0. The van der Waals surface area contributed by atoms with E-state index in [0.717, 1.165) is 15.9 Å². The molecule has 4 nitrogen and oxygen atoms in total. The number of aromatic nitrogens is 2. The van der Waals surface area contributed by atoms with Gasteiger partial charge >= 0.3 is 0 Å². The van der Waals surface area contributed by atoms with Crippen molar-refractivity contribution in [1.29, 1.82) is 0 Å². The molecule has 0 unspecified atom stereocenters. The number of nitrogens with zero attached hydrogens (tertiary/aromatic N) is 2. The predicted molar refractivity (Wildman–Crippen MR) is 75.2 cm³/mol. The van der Waals surface area contributed by atoms with Crippen LogP contribution in [0.25, 0.3) is 0 Å². The zero-order valence-electron chi connectivity index (χ0n) is 10.2. The van der Waals surface area contributed by atoms with Gasteiger partial charge in [0.1, 0.15) is 5.75 Å². The summed E-state index contributed by atoms with van der Waals surface area (Å²) in [6, 6.07) is 7.70. The lowest BCUT2D eigenvalue weighted by molar-refractivity contribution is 0.242. The summed E-state index contributed by atoms with van der Waals surface area (Å²) in [4.78, 5) is 8.29. The van der Waals surface area contributed by atoms with Gasteiger partial charge in [-0.25, -0.2) is 9.97 Å². The van der Waals surface area contributed by atoms with Crippen LogP contribution in [-0.2, 0) is 0 Å². The molecule has 1 aromatic carbocycles. The van der Waals surface area contributed by atoms with Crippen LogP contribution in [0.1, 0.15) is 13.8 Å². The zero-order chi connectivity index (χ0) is 13.0. The van der Waals surface area contributed by atoms with Crippen LogP contribution >= 0.6 is 15.9 Å². The molecule has 1 aromatic heterocycles. The third kappa shape index (κ3) is 3.70. The summed E-state index contributed by atoms with van der Waals surface area (Å²) in [5.41, 5.74) is 0.924. The Balaban J connectivity index is 2.04. The van der Waals surface area contributed by atoms with Crippen LogP contribution in [0.4, 0.5) is 11.6 Å². The van der Waals surface area contributed by atoms with Crippen molar-refractivity contribution in [2.45, 2.75) is 20.0 Å². The average molecular weight is 308 g/mol. The first-order valence-electron chi connectivity index (χ1n) is 5.65. The summed E-state index contributed by atoms with van der Waals surface area (Å²) < 4.78 is 6.43. The summed E-state index contributed by atoms with van der Waals surface area (Å²) >= 11 is 3.29. The SMILES string of the molecule is CC(C)Oc1ccc(Nc2ncc(Br)cn2)cc1. The van der Waals surface area contributed by atoms with Gasteiger partial charge in [0.15, 0.2) is 0 Å². The first-order valence-corrected chi connectivity index (χ1v) is 6.44. The molecular weight excluding hydrogens is 294 g/mol. The van der Waals surface area contributed by atoms with Gasteiger partial charge in [0.05, 0.1) is 10.6 Å². The van der Waals surface area contributed by atoms with Crippen molar-refractivity contribution in [3.8, 4) is 5.75 Å². The monoisotopic (exact) mass is 307 g/mol. The Hall–Kier alpha value is -1.62. The van der Waals surface area contributed by atoms with E-state index in [4.69, 9.17) is 4.74 Å². The second kappa shape index (κ2) is 5.82. The zero-order valence-corrected chi connectivity index (χ0v) is 11.8. The fourth-order valence-electron chi connectivity index (χ4n) is 1.39. The van der Waals surface area contributed by atoms with E-state index in [1.807, 2.05) is 38.1 Å². The Morgan fingerprint density at radius 2 is 1.72 bits per heavy atom. The molecule has 0 amide bonds. The predicted octanol–water partition coefficient (Wildman–Crippen LogP) is 3.77. The molecule has 0 aliphatic carbocycles. The van der Waals surface area contributed by atoms with Crippen LogP contribution in [0.2, 0.25) is 0 Å². The van der Waals surface area contributed by atoms with Gasteiger partial charge in [-0.2, -0.15) is 0 Å². The van der Waals surface area contributed by atoms with Crippen molar-refractivity contribution in [3.63, 3.8) is 0 Å². The Morgan fingerprint density at radius 3 is 2.28 bits per heavy atom. The molecule has 0 aliphatic heterocycles. The smallest absolute Gasteiger partial charge is 0.227 e. The maximum atomic E-state index is 5.57. The van der Waals surface area contributed by atoms with E-state index in [1.165, 1.54) is 0 Å². The van der Waals surface area contributed by atoms with Gasteiger partial charge in [0, 0.05) is 18.1 Å². The number of rotatable bonds is 4. The highest BCUT2D eigenvalue weighted by atomic mass is 79.9. The van der Waals surface area contributed by atoms with E-state index in [1.54, 1.807) is 12.4 Å². The van der Waals surface area contributed by atoms with E-state index in [2.05, 4.69) is 31.2 Å². The number of halogens is 1. The molecule has 0 fully saturated rings. The normalized spacial score (nSPS) is 10.4. The number of nitrogens with one attached hydrogen (secondary N) is 1. The molecule has 0 saturated heterocycles. The van der Waals surface area contributed by atoms with Crippen LogP contribution in [0.15, 0.2) is 41.1 Å². The molecule has 1 N–H and O–H groups in total. The highest BCUT2D eigenvalue weighted by molar-refractivity contribution is 9.10. The minimum absolute atomic E-state index is 0.179. The maximum Gasteiger partial charge on any atom is 0.227 e. The first-order chi connectivity index (χ1) is 8.63. The molecule has 18 heavy (non-hydrogen) atoms. The summed E-state index contributed by atoms with van der Waals surface area (Å²) in [6.07, 6.45) is 3.58. The van der Waals surface area contributed by atoms with E-state index in [-0.39, 0.29) is 6.10 Å². The van der Waals surface area contributed by atoms with Crippen molar-refractivity contribution < 1.29 is 4.74 Å². The van der Waals surface area contributed by atoms with Gasteiger partial charge < -0.3 is 10.1 Å². The highest BCUT2D eigenvalue weighted by Gasteiger charge is 2.00. The fraction of sp³-hybridized carbons (Fsp3) is 0.231. The van der Waals surface area contributed by atoms with E-state index >= 15 is 0 Å². The molecule has 0 saturated carbocycles. The molecule has 2 rings (SSSR count). The van der Waals surface area contributed by atoms with Crippen LogP contribution < -0.4 is 10.1 Å². The number of ether oxygens (including phenoxy) is 1. The second-order valence-corrected chi connectivity index (χ2v) is 4.96. The molecular formula is C13H14BrN3O. The molecule has 94 valence electrons. The number of benzene rings is 1. The van der Waals surface area contributed by atoms with Crippen LogP contribution in [-0.4, -0.2) is 16.1 Å². The lowest BCUT2D eigenvalue weighted by Gasteiger charge is -2.10. The summed E-state index contributed by atoms with van der Waals surface area (Å²) in [6.45, 7) is 4.00. The highest BCUT2D eigenvalue weighted by Crippen LogP contribution is 2.19. The van der Waals surface area contributed by atoms with Gasteiger partial charge in [0.25, 0.3) is 0 Å². The van der Waals surface area contributed by atoms with E-state index in [0.29, 0.717) is 5.95 Å². The third-order valence-corrected chi connectivity index (χ3v) is 2.51. The number of anilines is 2. The lowest BCUT2D eigenvalue weighted by Crippen LogP contribution is -2.05. The van der Waals surface area contributed by atoms with E-state index < -0.39 is 0 Å². The van der Waals surface area contributed by atoms with Gasteiger partial charge in [-0.15, -0.1) is 0 Å². The van der Waals surface area contributed by atoms with E-state index in [9.17, 15) is 0 Å². The molecule has 2 aromatic rings. The molecule has 0 aliphatic rings. The summed E-state index contributed by atoms with van der Waals surface area (Å²) in [5.74, 6) is 1.42. The Morgan fingerprint density at radius 1 is 1.11 bits per heavy atom. The van der Waals surface area contributed by atoms with Crippen LogP contribution in [0, 0.1) is 0 Å². The minimum Gasteiger partial charge on any atom is -0.491 e. The van der Waals surface area contributed by atoms with Crippen molar-refractivity contribution in [3.05, 3.63) is 41.1 Å². The topological polar surface area (TPSA) is 47.0 Å². The van der Waals surface area contributed by atoms with Crippen molar-refractivity contribution in [2.24, 2.45) is 0 Å². The minimum atomic E-state index is 0.179. The first kappa shape index (κ1) is 12.8. The quantitative estimate of drug-likeness (QED) is 0.934. The van der Waals surface area contributed by atoms with Gasteiger partial charge in [-0.05, 0) is 54.0 Å². The average Bonchev–Trinajstić information content (AvgIpc) is 2.34. The van der Waals surface area contributed by atoms with Crippen molar-refractivity contribution in [2.75, 3.05) is 5.32 Å². The maximum absolute atomic E-state index is 5.57. The molecule has 0 bridgehead atoms. The molecule has 5 heteroatoms. The van der Waals surface area contributed by atoms with Crippen molar-refractivity contribution >= 4 is 27.6 Å². The van der Waals surface area contributed by atoms with Gasteiger partial charge in [-0.1, -0.05) is 0 Å². The molecule has 0 atom stereocenters. The van der Waals surface area contributed by atoms with Crippen molar-refractivity contribution in [1.82, 2.24) is 9.97 Å². The molecule has 1 heterocycles. The molecule has 0 radical (unpaired) electrons. The Bertz CT molecular complexity index is 497.